The smallest absolute Gasteiger partial charge is 0.246 e. The third kappa shape index (κ3) is 5.87. The van der Waals surface area contributed by atoms with Gasteiger partial charge < -0.3 is 10.5 Å². The number of amides is 1. The Morgan fingerprint density at radius 2 is 2.18 bits per heavy atom. The van der Waals surface area contributed by atoms with E-state index in [9.17, 15) is 4.79 Å². The molecule has 0 spiro atoms. The van der Waals surface area contributed by atoms with Crippen LogP contribution in [0.3, 0.4) is 0 Å². The van der Waals surface area contributed by atoms with Crippen molar-refractivity contribution in [3.05, 3.63) is 12.2 Å². The second kappa shape index (κ2) is 8.29. The number of hydrogen-bond acceptors (Lipinski definition) is 2. The molecule has 1 fully saturated rings. The number of carbonyl (C=O) groups is 1. The summed E-state index contributed by atoms with van der Waals surface area (Å²) >= 11 is 0. The van der Waals surface area contributed by atoms with Crippen molar-refractivity contribution in [1.29, 1.82) is 0 Å². The number of hydrogen-bond donors (Lipinski definition) is 1. The number of ether oxygens (including phenoxy) is 1. The van der Waals surface area contributed by atoms with Gasteiger partial charge in [0.25, 0.3) is 0 Å². The van der Waals surface area contributed by atoms with E-state index in [1.807, 2.05) is 6.92 Å². The Hall–Kier alpha value is -0.830. The van der Waals surface area contributed by atoms with E-state index in [0.717, 1.165) is 25.2 Å². The molecule has 3 heteroatoms. The zero-order valence-corrected chi connectivity index (χ0v) is 10.9. The van der Waals surface area contributed by atoms with Crippen LogP contribution in [0.4, 0.5) is 0 Å². The lowest BCUT2D eigenvalue weighted by molar-refractivity contribution is -0.129. The van der Waals surface area contributed by atoms with E-state index in [-0.39, 0.29) is 5.91 Å². The molecule has 1 atom stereocenters. The van der Waals surface area contributed by atoms with Crippen molar-refractivity contribution in [2.75, 3.05) is 6.61 Å². The first-order chi connectivity index (χ1) is 8.24. The van der Waals surface area contributed by atoms with E-state index >= 15 is 0 Å². The molecule has 2 N–H and O–H groups in total. The highest BCUT2D eigenvalue weighted by atomic mass is 16.5. The fourth-order valence-corrected chi connectivity index (χ4v) is 2.37. The molecule has 0 aromatic heterocycles. The third-order valence-corrected chi connectivity index (χ3v) is 3.33. The highest BCUT2D eigenvalue weighted by molar-refractivity contribution is 5.78. The molecule has 0 saturated heterocycles. The fourth-order valence-electron chi connectivity index (χ4n) is 2.37. The van der Waals surface area contributed by atoms with Crippen molar-refractivity contribution < 1.29 is 9.53 Å². The number of primary amides is 1. The maximum atomic E-state index is 11.0. The maximum absolute atomic E-state index is 11.0. The van der Waals surface area contributed by atoms with Crippen LogP contribution in [0.2, 0.25) is 0 Å². The zero-order valence-electron chi connectivity index (χ0n) is 10.9. The molecule has 0 aromatic carbocycles. The predicted molar refractivity (Wildman–Crippen MR) is 69.6 cm³/mol. The van der Waals surface area contributed by atoms with Crippen molar-refractivity contribution in [1.82, 2.24) is 0 Å². The predicted octanol–water partition coefficient (Wildman–Crippen LogP) is 2.79. The van der Waals surface area contributed by atoms with Gasteiger partial charge in [-0.25, -0.2) is 0 Å². The summed E-state index contributed by atoms with van der Waals surface area (Å²) in [6.07, 6.45) is 12.4. The summed E-state index contributed by atoms with van der Waals surface area (Å²) in [5.41, 5.74) is 5.26. The van der Waals surface area contributed by atoms with Crippen molar-refractivity contribution in [3.8, 4) is 0 Å². The second-order valence-corrected chi connectivity index (χ2v) is 4.75. The van der Waals surface area contributed by atoms with E-state index < -0.39 is 6.10 Å². The van der Waals surface area contributed by atoms with Crippen LogP contribution in [0, 0.1) is 5.92 Å². The minimum atomic E-state index is -0.403. The number of rotatable bonds is 8. The van der Waals surface area contributed by atoms with Gasteiger partial charge in [-0.15, -0.1) is 0 Å². The van der Waals surface area contributed by atoms with Crippen LogP contribution in [-0.4, -0.2) is 18.6 Å². The minimum absolute atomic E-state index is 0.341. The van der Waals surface area contributed by atoms with Crippen LogP contribution >= 0.6 is 0 Å². The lowest BCUT2D eigenvalue weighted by atomic mass is 10.1. The Morgan fingerprint density at radius 1 is 1.47 bits per heavy atom. The van der Waals surface area contributed by atoms with Gasteiger partial charge in [0.05, 0.1) is 0 Å². The van der Waals surface area contributed by atoms with Gasteiger partial charge in [-0.2, -0.15) is 0 Å². The Kier molecular flexibility index (Phi) is 6.94. The molecule has 98 valence electrons. The van der Waals surface area contributed by atoms with E-state index in [1.54, 1.807) is 0 Å². The Labute approximate surface area is 104 Å². The first-order valence-electron chi connectivity index (χ1n) is 6.81. The Morgan fingerprint density at radius 3 is 2.76 bits per heavy atom. The molecule has 1 amide bonds. The molecule has 0 bridgehead atoms. The normalized spacial score (nSPS) is 18.9. The van der Waals surface area contributed by atoms with Gasteiger partial charge in [0.1, 0.15) is 6.10 Å². The van der Waals surface area contributed by atoms with Crippen LogP contribution < -0.4 is 5.73 Å². The van der Waals surface area contributed by atoms with E-state index in [4.69, 9.17) is 10.5 Å². The molecule has 1 aliphatic carbocycles. The summed E-state index contributed by atoms with van der Waals surface area (Å²) in [6.45, 7) is 2.43. The van der Waals surface area contributed by atoms with Crippen molar-refractivity contribution >= 4 is 5.91 Å². The molecule has 1 unspecified atom stereocenters. The molecule has 0 aliphatic heterocycles. The van der Waals surface area contributed by atoms with Gasteiger partial charge in [-0.3, -0.25) is 4.79 Å². The molecule has 1 saturated carbocycles. The zero-order chi connectivity index (χ0) is 12.5. The molecule has 3 nitrogen and oxygen atoms in total. The number of nitrogens with two attached hydrogens (primary N) is 1. The largest absolute Gasteiger partial charge is 0.369 e. The quantitative estimate of drug-likeness (QED) is 0.523. The van der Waals surface area contributed by atoms with Crippen LogP contribution in [0.1, 0.15) is 51.9 Å². The van der Waals surface area contributed by atoms with Crippen LogP contribution in [-0.2, 0) is 9.53 Å². The first kappa shape index (κ1) is 14.2. The van der Waals surface area contributed by atoms with Crippen LogP contribution in [0.5, 0.6) is 0 Å². The average Bonchev–Trinajstić information content (AvgIpc) is 2.80. The van der Waals surface area contributed by atoms with Gasteiger partial charge in [0, 0.05) is 6.61 Å². The SMILES string of the molecule is CCOC(CCC/C=C/C1CCCC1)C(N)=O. The van der Waals surface area contributed by atoms with Gasteiger partial charge in [0.15, 0.2) is 0 Å². The molecule has 0 heterocycles. The lowest BCUT2D eigenvalue weighted by Gasteiger charge is -2.12. The molecule has 17 heavy (non-hydrogen) atoms. The minimum Gasteiger partial charge on any atom is -0.369 e. The maximum Gasteiger partial charge on any atom is 0.246 e. The summed E-state index contributed by atoms with van der Waals surface area (Å²) in [7, 11) is 0. The summed E-state index contributed by atoms with van der Waals surface area (Å²) in [4.78, 5) is 11.0. The summed E-state index contributed by atoms with van der Waals surface area (Å²) < 4.78 is 5.28. The van der Waals surface area contributed by atoms with E-state index in [1.165, 1.54) is 25.7 Å². The van der Waals surface area contributed by atoms with Gasteiger partial charge >= 0.3 is 0 Å². The first-order valence-corrected chi connectivity index (χ1v) is 6.81. The van der Waals surface area contributed by atoms with Crippen LogP contribution in [0.15, 0.2) is 12.2 Å². The number of unbranched alkanes of at least 4 members (excludes halogenated alkanes) is 1. The van der Waals surface area contributed by atoms with E-state index in [2.05, 4.69) is 12.2 Å². The molecule has 0 aromatic rings. The monoisotopic (exact) mass is 239 g/mol. The van der Waals surface area contributed by atoms with Gasteiger partial charge in [-0.1, -0.05) is 25.0 Å². The average molecular weight is 239 g/mol. The van der Waals surface area contributed by atoms with Crippen molar-refractivity contribution in [3.63, 3.8) is 0 Å². The molecular formula is C14H25NO2. The summed E-state index contributed by atoms with van der Waals surface area (Å²) in [5, 5.41) is 0. The second-order valence-electron chi connectivity index (χ2n) is 4.75. The Balaban J connectivity index is 2.10. The topological polar surface area (TPSA) is 52.3 Å². The number of carbonyl (C=O) groups excluding carboxylic acids is 1. The van der Waals surface area contributed by atoms with Gasteiger partial charge in [-0.05, 0) is 44.9 Å². The lowest BCUT2D eigenvalue weighted by Crippen LogP contribution is -2.31. The molecule has 1 rings (SSSR count). The van der Waals surface area contributed by atoms with Gasteiger partial charge in [0.2, 0.25) is 5.91 Å². The third-order valence-electron chi connectivity index (χ3n) is 3.33. The fraction of sp³-hybridized carbons (Fsp3) is 0.786. The molecular weight excluding hydrogens is 214 g/mol. The van der Waals surface area contributed by atoms with E-state index in [0.29, 0.717) is 6.61 Å². The Bertz CT molecular complexity index is 245. The molecule has 0 radical (unpaired) electrons. The highest BCUT2D eigenvalue weighted by Gasteiger charge is 2.14. The number of allylic oxidation sites excluding steroid dienone is 2. The van der Waals surface area contributed by atoms with Crippen molar-refractivity contribution in [2.45, 2.75) is 58.0 Å². The summed E-state index contributed by atoms with van der Waals surface area (Å²) in [6, 6.07) is 0. The van der Waals surface area contributed by atoms with Crippen molar-refractivity contribution in [2.24, 2.45) is 11.7 Å². The molecule has 1 aliphatic rings. The highest BCUT2D eigenvalue weighted by Crippen LogP contribution is 2.25. The summed E-state index contributed by atoms with van der Waals surface area (Å²) in [5.74, 6) is 0.459. The standard InChI is InChI=1S/C14H25NO2/c1-2-17-13(14(15)16)11-5-3-4-8-12-9-6-7-10-12/h4,8,12-13H,2-3,5-7,9-11H2,1H3,(H2,15,16)/b8-4+. The van der Waals surface area contributed by atoms with Crippen LogP contribution in [0.25, 0.3) is 0 Å².